The molecule has 0 fully saturated rings. The zero-order valence-electron chi connectivity index (χ0n) is 8.97. The number of thioether (sulfide) groups is 1. The molecule has 0 aliphatic heterocycles. The van der Waals surface area contributed by atoms with Crippen LogP contribution in [0.2, 0.25) is 0 Å². The smallest absolute Gasteiger partial charge is 0.174 e. The molecule has 0 amide bonds. The summed E-state index contributed by atoms with van der Waals surface area (Å²) in [5.41, 5.74) is 0.313. The van der Waals surface area contributed by atoms with E-state index in [0.717, 1.165) is 11.1 Å². The normalized spacial score (nSPS) is 10.2. The van der Waals surface area contributed by atoms with Crippen molar-refractivity contribution in [2.24, 2.45) is 0 Å². The Balaban J connectivity index is 1.98. The van der Waals surface area contributed by atoms with Crippen molar-refractivity contribution in [3.05, 3.63) is 60.2 Å². The number of hydrogen-bond acceptors (Lipinski definition) is 3. The van der Waals surface area contributed by atoms with Gasteiger partial charge in [-0.3, -0.25) is 9.78 Å². The third-order valence-electron chi connectivity index (χ3n) is 2.14. The zero-order chi connectivity index (χ0) is 12.1. The second-order valence-electron chi connectivity index (χ2n) is 3.42. The number of Topliss-reactive ketones (excluding diaryl/α,β-unsaturated/α-hetero) is 1. The van der Waals surface area contributed by atoms with Gasteiger partial charge in [-0.1, -0.05) is 18.2 Å². The van der Waals surface area contributed by atoms with Crippen LogP contribution in [0.1, 0.15) is 10.4 Å². The number of pyridine rings is 1. The van der Waals surface area contributed by atoms with Crippen LogP contribution >= 0.6 is 11.8 Å². The third-order valence-corrected chi connectivity index (χ3v) is 3.15. The van der Waals surface area contributed by atoms with Crippen molar-refractivity contribution in [2.45, 2.75) is 4.90 Å². The first kappa shape index (κ1) is 11.8. The predicted molar refractivity (Wildman–Crippen MR) is 65.7 cm³/mol. The maximum atomic E-state index is 12.9. The maximum Gasteiger partial charge on any atom is 0.174 e. The Labute approximate surface area is 103 Å². The van der Waals surface area contributed by atoms with Crippen LogP contribution in [0.25, 0.3) is 0 Å². The van der Waals surface area contributed by atoms with Crippen LogP contribution in [0.4, 0.5) is 4.39 Å². The lowest BCUT2D eigenvalue weighted by Gasteiger charge is -2.01. The van der Waals surface area contributed by atoms with Gasteiger partial charge in [0, 0.05) is 16.7 Å². The van der Waals surface area contributed by atoms with E-state index in [0.29, 0.717) is 5.56 Å². The van der Waals surface area contributed by atoms with Crippen LogP contribution in [0.5, 0.6) is 0 Å². The minimum atomic E-state index is -0.486. The van der Waals surface area contributed by atoms with Crippen molar-refractivity contribution in [2.75, 3.05) is 5.75 Å². The lowest BCUT2D eigenvalue weighted by atomic mass is 10.2. The average molecular weight is 247 g/mol. The molecule has 2 rings (SSSR count). The molecule has 2 nitrogen and oxygen atoms in total. The fraction of sp³-hybridized carbons (Fsp3) is 0.0769. The molecule has 17 heavy (non-hydrogen) atoms. The van der Waals surface area contributed by atoms with E-state index >= 15 is 0 Å². The van der Waals surface area contributed by atoms with E-state index in [1.165, 1.54) is 24.0 Å². The molecule has 4 heteroatoms. The first-order valence-corrected chi connectivity index (χ1v) is 6.06. The van der Waals surface area contributed by atoms with Crippen molar-refractivity contribution in [1.82, 2.24) is 4.98 Å². The molecule has 0 unspecified atom stereocenters. The third kappa shape index (κ3) is 3.39. The van der Waals surface area contributed by atoms with Crippen LogP contribution < -0.4 is 0 Å². The van der Waals surface area contributed by atoms with Gasteiger partial charge in [0.15, 0.2) is 5.78 Å². The van der Waals surface area contributed by atoms with Crippen LogP contribution in [-0.2, 0) is 0 Å². The standard InChI is InChI=1S/C13H10FNOS/c14-11-6-10(7-15-8-11)13(16)9-17-12-4-2-1-3-5-12/h1-8H,9H2. The SMILES string of the molecule is O=C(CSc1ccccc1)c1cncc(F)c1. The summed E-state index contributed by atoms with van der Waals surface area (Å²) in [4.78, 5) is 16.4. The topological polar surface area (TPSA) is 30.0 Å². The molecule has 0 atom stereocenters. The number of carbonyl (C=O) groups excluding carboxylic acids is 1. The fourth-order valence-electron chi connectivity index (χ4n) is 1.31. The van der Waals surface area contributed by atoms with Gasteiger partial charge in [0.1, 0.15) is 5.82 Å². The second kappa shape index (κ2) is 5.59. The molecular formula is C13H10FNOS. The van der Waals surface area contributed by atoms with E-state index in [-0.39, 0.29) is 11.5 Å². The Hall–Kier alpha value is -1.68. The van der Waals surface area contributed by atoms with Crippen molar-refractivity contribution < 1.29 is 9.18 Å². The highest BCUT2D eigenvalue weighted by Gasteiger charge is 2.07. The van der Waals surface area contributed by atoms with Gasteiger partial charge >= 0.3 is 0 Å². The molecule has 0 N–H and O–H groups in total. The molecule has 0 saturated carbocycles. The van der Waals surface area contributed by atoms with Gasteiger partial charge in [0.05, 0.1) is 11.9 Å². The number of carbonyl (C=O) groups is 1. The first-order valence-electron chi connectivity index (χ1n) is 5.07. The molecule has 2 aromatic rings. The highest BCUT2D eigenvalue weighted by atomic mass is 32.2. The molecular weight excluding hydrogens is 237 g/mol. The number of benzene rings is 1. The molecule has 0 aliphatic rings. The molecule has 0 bridgehead atoms. The lowest BCUT2D eigenvalue weighted by Crippen LogP contribution is -2.03. The first-order chi connectivity index (χ1) is 8.25. The summed E-state index contributed by atoms with van der Waals surface area (Å²) in [6, 6.07) is 10.8. The number of nitrogens with zero attached hydrogens (tertiary/aromatic N) is 1. The van der Waals surface area contributed by atoms with Gasteiger partial charge in [-0.15, -0.1) is 11.8 Å². The second-order valence-corrected chi connectivity index (χ2v) is 4.47. The molecule has 0 spiro atoms. The zero-order valence-corrected chi connectivity index (χ0v) is 9.78. The fourth-order valence-corrected chi connectivity index (χ4v) is 2.13. The Morgan fingerprint density at radius 3 is 2.71 bits per heavy atom. The number of rotatable bonds is 4. The van der Waals surface area contributed by atoms with Crippen LogP contribution in [0, 0.1) is 5.82 Å². The van der Waals surface area contributed by atoms with Gasteiger partial charge in [-0.25, -0.2) is 4.39 Å². The van der Waals surface area contributed by atoms with E-state index in [9.17, 15) is 9.18 Å². The van der Waals surface area contributed by atoms with E-state index in [2.05, 4.69) is 4.98 Å². The Bertz CT molecular complexity index is 516. The molecule has 0 radical (unpaired) electrons. The van der Waals surface area contributed by atoms with Gasteiger partial charge < -0.3 is 0 Å². The molecule has 1 aromatic heterocycles. The van der Waals surface area contributed by atoms with E-state index < -0.39 is 5.82 Å². The van der Waals surface area contributed by atoms with Crippen LogP contribution in [0.15, 0.2) is 53.7 Å². The van der Waals surface area contributed by atoms with Crippen LogP contribution in [0.3, 0.4) is 0 Å². The van der Waals surface area contributed by atoms with Crippen molar-refractivity contribution in [1.29, 1.82) is 0 Å². The summed E-state index contributed by atoms with van der Waals surface area (Å²) in [6.07, 6.45) is 2.47. The highest BCUT2D eigenvalue weighted by Crippen LogP contribution is 2.18. The summed E-state index contributed by atoms with van der Waals surface area (Å²) in [5, 5.41) is 0. The Morgan fingerprint density at radius 2 is 2.00 bits per heavy atom. The quantitative estimate of drug-likeness (QED) is 0.614. The summed E-state index contributed by atoms with van der Waals surface area (Å²) in [6.45, 7) is 0. The molecule has 0 saturated heterocycles. The van der Waals surface area contributed by atoms with E-state index in [1.54, 1.807) is 0 Å². The molecule has 0 aliphatic carbocycles. The van der Waals surface area contributed by atoms with Crippen molar-refractivity contribution >= 4 is 17.5 Å². The van der Waals surface area contributed by atoms with Crippen molar-refractivity contribution in [3.63, 3.8) is 0 Å². The molecule has 1 aromatic carbocycles. The Morgan fingerprint density at radius 1 is 1.24 bits per heavy atom. The van der Waals surface area contributed by atoms with E-state index in [4.69, 9.17) is 0 Å². The van der Waals surface area contributed by atoms with Gasteiger partial charge in [-0.05, 0) is 18.2 Å². The number of ketones is 1. The minimum Gasteiger partial charge on any atom is -0.293 e. The number of halogens is 1. The molecule has 86 valence electrons. The summed E-state index contributed by atoms with van der Waals surface area (Å²) >= 11 is 1.43. The monoisotopic (exact) mass is 247 g/mol. The van der Waals surface area contributed by atoms with Gasteiger partial charge in [0.2, 0.25) is 0 Å². The van der Waals surface area contributed by atoms with Crippen LogP contribution in [-0.4, -0.2) is 16.5 Å². The number of aromatic nitrogens is 1. The van der Waals surface area contributed by atoms with E-state index in [1.807, 2.05) is 30.3 Å². The summed E-state index contributed by atoms with van der Waals surface area (Å²) < 4.78 is 12.9. The number of hydrogen-bond donors (Lipinski definition) is 0. The maximum absolute atomic E-state index is 12.9. The summed E-state index contributed by atoms with van der Waals surface area (Å²) in [5.74, 6) is -0.318. The van der Waals surface area contributed by atoms with Gasteiger partial charge in [-0.2, -0.15) is 0 Å². The average Bonchev–Trinajstić information content (AvgIpc) is 2.37. The molecule has 1 heterocycles. The Kier molecular flexibility index (Phi) is 3.88. The highest BCUT2D eigenvalue weighted by molar-refractivity contribution is 8.00. The minimum absolute atomic E-state index is 0.120. The van der Waals surface area contributed by atoms with Crippen molar-refractivity contribution in [3.8, 4) is 0 Å². The summed E-state index contributed by atoms with van der Waals surface area (Å²) in [7, 11) is 0. The predicted octanol–water partition coefficient (Wildman–Crippen LogP) is 3.20. The largest absolute Gasteiger partial charge is 0.293 e. The lowest BCUT2D eigenvalue weighted by molar-refractivity contribution is 0.102. The van der Waals surface area contributed by atoms with Gasteiger partial charge in [0.25, 0.3) is 0 Å².